The number of allylic oxidation sites excluding steroid dienone is 1. The fraction of sp³-hybridized carbons (Fsp3) is 0.0588. The molecule has 0 saturated carbocycles. The van der Waals surface area contributed by atoms with Crippen LogP contribution in [-0.2, 0) is 0 Å². The molecule has 3 rings (SSSR count). The van der Waals surface area contributed by atoms with Crippen LogP contribution in [0, 0.1) is 11.3 Å². The molecule has 0 fully saturated rings. The van der Waals surface area contributed by atoms with Crippen LogP contribution in [0.15, 0.2) is 36.4 Å². The van der Waals surface area contributed by atoms with Crippen molar-refractivity contribution in [1.82, 2.24) is 4.98 Å². The van der Waals surface area contributed by atoms with Gasteiger partial charge >= 0.3 is 0 Å². The highest BCUT2D eigenvalue weighted by Crippen LogP contribution is 2.37. The minimum absolute atomic E-state index is 0.137. The van der Waals surface area contributed by atoms with Crippen molar-refractivity contribution >= 4 is 33.2 Å². The van der Waals surface area contributed by atoms with Crippen LogP contribution in [0.1, 0.15) is 10.6 Å². The number of nitriles is 1. The number of fused-ring (bicyclic) bond motifs is 1. The number of aromatic nitrogens is 1. The monoisotopic (exact) mass is 324 g/mol. The van der Waals surface area contributed by atoms with Gasteiger partial charge in [-0.05, 0) is 35.9 Å². The molecule has 0 aliphatic rings. The van der Waals surface area contributed by atoms with Crippen molar-refractivity contribution in [3.8, 4) is 23.3 Å². The summed E-state index contributed by atoms with van der Waals surface area (Å²) in [7, 11) is 1.39. The second-order valence-electron chi connectivity index (χ2n) is 4.75. The van der Waals surface area contributed by atoms with Crippen LogP contribution in [-0.4, -0.2) is 22.3 Å². The molecule has 114 valence electrons. The van der Waals surface area contributed by atoms with Crippen LogP contribution in [0.2, 0.25) is 0 Å². The zero-order chi connectivity index (χ0) is 16.4. The van der Waals surface area contributed by atoms with Gasteiger partial charge < -0.3 is 14.9 Å². The minimum atomic E-state index is -0.330. The third-order valence-corrected chi connectivity index (χ3v) is 4.32. The van der Waals surface area contributed by atoms with Crippen LogP contribution in [0.4, 0.5) is 0 Å². The number of nitrogens with zero attached hydrogens (tertiary/aromatic N) is 2. The fourth-order valence-corrected chi connectivity index (χ4v) is 3.08. The molecule has 0 amide bonds. The van der Waals surface area contributed by atoms with Crippen LogP contribution in [0.25, 0.3) is 21.9 Å². The molecule has 0 atom stereocenters. The Morgan fingerprint density at radius 1 is 1.30 bits per heavy atom. The first-order chi connectivity index (χ1) is 11.1. The van der Waals surface area contributed by atoms with Crippen molar-refractivity contribution in [2.24, 2.45) is 0 Å². The van der Waals surface area contributed by atoms with Crippen LogP contribution in [0.3, 0.4) is 0 Å². The molecule has 0 saturated heterocycles. The average molecular weight is 324 g/mol. The molecule has 2 aromatic carbocycles. The zero-order valence-electron chi connectivity index (χ0n) is 12.1. The maximum atomic E-state index is 9.73. The highest BCUT2D eigenvalue weighted by atomic mass is 32.1. The summed E-state index contributed by atoms with van der Waals surface area (Å²) >= 11 is 1.42. The number of benzene rings is 2. The fourth-order valence-electron chi connectivity index (χ4n) is 2.15. The summed E-state index contributed by atoms with van der Waals surface area (Å²) in [5, 5.41) is 29.4. The van der Waals surface area contributed by atoms with Crippen LogP contribution < -0.4 is 4.74 Å². The smallest absolute Gasteiger partial charge is 0.200 e. The topological polar surface area (TPSA) is 86.4 Å². The van der Waals surface area contributed by atoms with Crippen molar-refractivity contribution in [2.75, 3.05) is 7.11 Å². The van der Waals surface area contributed by atoms with Gasteiger partial charge in [0.25, 0.3) is 0 Å². The van der Waals surface area contributed by atoms with E-state index in [9.17, 15) is 15.5 Å². The molecular formula is C17H12N2O3S. The SMILES string of the molecule is COc1cc(C=C(C#N)c2nc3ccccc3s2)cc(O)c1O. The van der Waals surface area contributed by atoms with E-state index in [0.29, 0.717) is 16.1 Å². The van der Waals surface area contributed by atoms with Crippen molar-refractivity contribution in [3.05, 3.63) is 47.0 Å². The lowest BCUT2D eigenvalue weighted by molar-refractivity contribution is 0.351. The number of hydrogen-bond donors (Lipinski definition) is 2. The van der Waals surface area contributed by atoms with Gasteiger partial charge in [-0.2, -0.15) is 5.26 Å². The van der Waals surface area contributed by atoms with E-state index in [1.165, 1.54) is 24.5 Å². The molecule has 0 bridgehead atoms. The zero-order valence-corrected chi connectivity index (χ0v) is 13.0. The van der Waals surface area contributed by atoms with E-state index in [0.717, 1.165) is 10.2 Å². The van der Waals surface area contributed by atoms with E-state index in [1.54, 1.807) is 12.1 Å². The molecular weight excluding hydrogens is 312 g/mol. The summed E-state index contributed by atoms with van der Waals surface area (Å²) < 4.78 is 6.00. The second-order valence-corrected chi connectivity index (χ2v) is 5.78. The first-order valence-corrected chi connectivity index (χ1v) is 7.51. The van der Waals surface area contributed by atoms with Crippen molar-refractivity contribution in [2.45, 2.75) is 0 Å². The molecule has 2 N–H and O–H groups in total. The summed E-state index contributed by atoms with van der Waals surface area (Å²) in [6.07, 6.45) is 1.60. The van der Waals surface area contributed by atoms with Gasteiger partial charge in [0.15, 0.2) is 11.5 Å². The Hall–Kier alpha value is -3.04. The Morgan fingerprint density at radius 3 is 2.78 bits per heavy atom. The van der Waals surface area contributed by atoms with Gasteiger partial charge in [-0.3, -0.25) is 0 Å². The normalized spacial score (nSPS) is 11.4. The Bertz CT molecular complexity index is 921. The molecule has 23 heavy (non-hydrogen) atoms. The lowest BCUT2D eigenvalue weighted by Crippen LogP contribution is -1.86. The number of aromatic hydroxyl groups is 2. The van der Waals surface area contributed by atoms with Gasteiger partial charge in [-0.15, -0.1) is 11.3 Å². The largest absolute Gasteiger partial charge is 0.504 e. The van der Waals surface area contributed by atoms with Crippen molar-refractivity contribution < 1.29 is 14.9 Å². The van der Waals surface area contributed by atoms with E-state index in [2.05, 4.69) is 11.1 Å². The third kappa shape index (κ3) is 2.82. The second kappa shape index (κ2) is 5.99. The van der Waals surface area contributed by atoms with Gasteiger partial charge in [0.2, 0.25) is 5.75 Å². The molecule has 3 aromatic rings. The highest BCUT2D eigenvalue weighted by Gasteiger charge is 2.12. The molecule has 0 radical (unpaired) electrons. The molecule has 6 heteroatoms. The maximum Gasteiger partial charge on any atom is 0.200 e. The van der Waals surface area contributed by atoms with Gasteiger partial charge in [0.05, 0.1) is 22.9 Å². The molecule has 0 aliphatic carbocycles. The predicted octanol–water partition coefficient (Wildman–Crippen LogP) is 3.78. The summed E-state index contributed by atoms with van der Waals surface area (Å²) in [5.41, 5.74) is 1.74. The predicted molar refractivity (Wildman–Crippen MR) is 89.4 cm³/mol. The van der Waals surface area contributed by atoms with Crippen molar-refractivity contribution in [1.29, 1.82) is 5.26 Å². The summed E-state index contributed by atoms with van der Waals surface area (Å²) in [6.45, 7) is 0. The molecule has 1 heterocycles. The van der Waals surface area contributed by atoms with Gasteiger partial charge in [0, 0.05) is 0 Å². The van der Waals surface area contributed by atoms with Gasteiger partial charge in [-0.25, -0.2) is 4.98 Å². The number of methoxy groups -OCH3 is 1. The van der Waals surface area contributed by atoms with E-state index in [-0.39, 0.29) is 17.2 Å². The lowest BCUT2D eigenvalue weighted by Gasteiger charge is -2.06. The Morgan fingerprint density at radius 2 is 2.09 bits per heavy atom. The number of hydrogen-bond acceptors (Lipinski definition) is 6. The highest BCUT2D eigenvalue weighted by molar-refractivity contribution is 7.19. The quantitative estimate of drug-likeness (QED) is 0.565. The van der Waals surface area contributed by atoms with Crippen LogP contribution in [0.5, 0.6) is 17.2 Å². The summed E-state index contributed by atoms with van der Waals surface area (Å²) in [6, 6.07) is 12.7. The molecule has 1 aromatic heterocycles. The van der Waals surface area contributed by atoms with E-state index < -0.39 is 0 Å². The van der Waals surface area contributed by atoms with Crippen molar-refractivity contribution in [3.63, 3.8) is 0 Å². The van der Waals surface area contributed by atoms with Crippen LogP contribution >= 0.6 is 11.3 Å². The average Bonchev–Trinajstić information content (AvgIpc) is 2.99. The van der Waals surface area contributed by atoms with E-state index in [4.69, 9.17) is 4.74 Å². The number of phenols is 2. The van der Waals surface area contributed by atoms with Gasteiger partial charge in [-0.1, -0.05) is 12.1 Å². The maximum absolute atomic E-state index is 9.73. The number of para-hydroxylation sites is 1. The number of thiazole rings is 1. The summed E-state index contributed by atoms with van der Waals surface area (Å²) in [5.74, 6) is -0.502. The first-order valence-electron chi connectivity index (χ1n) is 6.70. The Balaban J connectivity index is 2.09. The number of ether oxygens (including phenoxy) is 1. The molecule has 0 spiro atoms. The molecule has 0 unspecified atom stereocenters. The Kier molecular flexibility index (Phi) is 3.87. The van der Waals surface area contributed by atoms with E-state index in [1.807, 2.05) is 24.3 Å². The minimum Gasteiger partial charge on any atom is -0.504 e. The van der Waals surface area contributed by atoms with Gasteiger partial charge in [0.1, 0.15) is 11.1 Å². The molecule has 0 aliphatic heterocycles. The van der Waals surface area contributed by atoms with E-state index >= 15 is 0 Å². The first kappa shape index (κ1) is 14.9. The third-order valence-electron chi connectivity index (χ3n) is 3.25. The number of rotatable bonds is 3. The number of phenolic OH excluding ortho intramolecular Hbond substituents is 2. The standard InChI is InChI=1S/C17H12N2O3S/c1-22-14-8-10(7-13(20)16(14)21)6-11(9-18)17-19-12-4-2-3-5-15(12)23-17/h2-8,20-21H,1H3. The summed E-state index contributed by atoms with van der Waals surface area (Å²) in [4.78, 5) is 4.45. The molecule has 5 nitrogen and oxygen atoms in total. The lowest BCUT2D eigenvalue weighted by atomic mass is 10.1. The Labute approximate surface area is 136 Å².